The third-order valence-electron chi connectivity index (χ3n) is 6.28. The van der Waals surface area contributed by atoms with Crippen LogP contribution in [-0.2, 0) is 26.0 Å². The van der Waals surface area contributed by atoms with Crippen LogP contribution in [0.1, 0.15) is 17.4 Å². The predicted octanol–water partition coefficient (Wildman–Crippen LogP) is 3.85. The molecule has 2 aromatic heterocycles. The molecule has 5 rings (SSSR count). The number of rotatable bonds is 11. The first-order chi connectivity index (χ1) is 19.2. The second kappa shape index (κ2) is 11.8. The Hall–Kier alpha value is -4.35. The molecule has 0 saturated heterocycles. The Labute approximate surface area is 232 Å². The molecule has 1 atom stereocenters. The van der Waals surface area contributed by atoms with Gasteiger partial charge in [-0.1, -0.05) is 30.3 Å². The minimum atomic E-state index is -3.08. The van der Waals surface area contributed by atoms with Gasteiger partial charge in [0.25, 0.3) is 0 Å². The summed E-state index contributed by atoms with van der Waals surface area (Å²) in [6.45, 7) is 1.13. The van der Waals surface area contributed by atoms with Crippen molar-refractivity contribution < 1.29 is 22.7 Å². The molecule has 0 bridgehead atoms. The van der Waals surface area contributed by atoms with Gasteiger partial charge in [0.05, 0.1) is 29.7 Å². The fourth-order valence-corrected chi connectivity index (χ4v) is 4.81. The van der Waals surface area contributed by atoms with Gasteiger partial charge in [-0.25, -0.2) is 18.4 Å². The molecule has 1 unspecified atom stereocenters. The van der Waals surface area contributed by atoms with Crippen molar-refractivity contribution in [1.29, 1.82) is 0 Å². The van der Waals surface area contributed by atoms with Gasteiger partial charge in [-0.05, 0) is 42.9 Å². The molecule has 0 aliphatic carbocycles. The van der Waals surface area contributed by atoms with Crippen molar-refractivity contribution in [3.05, 3.63) is 96.3 Å². The van der Waals surface area contributed by atoms with E-state index >= 15 is 0 Å². The van der Waals surface area contributed by atoms with Crippen LogP contribution in [0.5, 0.6) is 5.75 Å². The lowest BCUT2D eigenvalue weighted by Crippen LogP contribution is -2.27. The Morgan fingerprint density at radius 3 is 2.58 bits per heavy atom. The van der Waals surface area contributed by atoms with Gasteiger partial charge in [0.2, 0.25) is 11.9 Å². The number of carbonyl (C=O) groups excluding carboxylic acids is 1. The number of hydrogen-bond acceptors (Lipinski definition) is 10. The third-order valence-corrected chi connectivity index (χ3v) is 7.20. The van der Waals surface area contributed by atoms with Crippen LogP contribution in [0.2, 0.25) is 0 Å². The summed E-state index contributed by atoms with van der Waals surface area (Å²) in [5.41, 5.74) is 2.94. The highest BCUT2D eigenvalue weighted by molar-refractivity contribution is 7.90. The number of aromatic nitrogens is 3. The zero-order valence-corrected chi connectivity index (χ0v) is 23.0. The minimum absolute atomic E-state index is 0.0274. The fourth-order valence-electron chi connectivity index (χ4n) is 4.16. The third kappa shape index (κ3) is 6.99. The molecule has 206 valence electrons. The molecule has 2 aromatic carbocycles. The molecule has 0 amide bonds. The zero-order valence-electron chi connectivity index (χ0n) is 22.1. The predicted molar refractivity (Wildman–Crippen MR) is 152 cm³/mol. The van der Waals surface area contributed by atoms with E-state index in [1.807, 2.05) is 54.6 Å². The smallest absolute Gasteiger partial charge is 0.205 e. The number of carbonyl (C=O) groups is 1. The molecular formula is C29H29N5O5S. The van der Waals surface area contributed by atoms with Crippen molar-refractivity contribution in [2.75, 3.05) is 37.5 Å². The Morgan fingerprint density at radius 1 is 1.05 bits per heavy atom. The lowest BCUT2D eigenvalue weighted by Gasteiger charge is -2.18. The molecule has 10 nitrogen and oxygen atoms in total. The molecule has 1 N–H and O–H groups in total. The standard InChI is InChI=1S/C29H29N5O5S/c1-34(12-13-40(2,36)37)17-23-14-27(35)28(39-23)25-15-24-26(16-30-25)31-19-32-29(24)33-21-8-10-22(11-9-21)38-18-20-6-4-3-5-7-20/h3-11,14-16,19,28H,12-13,17-18H2,1-2H3,(H,31,32,33). The molecule has 0 spiro atoms. The van der Waals surface area contributed by atoms with E-state index in [1.54, 1.807) is 24.2 Å². The van der Waals surface area contributed by atoms with Crippen molar-refractivity contribution in [3.8, 4) is 5.75 Å². The van der Waals surface area contributed by atoms with E-state index in [0.717, 1.165) is 17.0 Å². The van der Waals surface area contributed by atoms with E-state index in [0.29, 0.717) is 47.9 Å². The second-order valence-electron chi connectivity index (χ2n) is 9.65. The van der Waals surface area contributed by atoms with Gasteiger partial charge in [-0.15, -0.1) is 0 Å². The average Bonchev–Trinajstić information content (AvgIpc) is 3.31. The zero-order chi connectivity index (χ0) is 28.1. The van der Waals surface area contributed by atoms with Gasteiger partial charge in [0, 0.05) is 30.0 Å². The summed E-state index contributed by atoms with van der Waals surface area (Å²) in [5.74, 6) is 1.57. The van der Waals surface area contributed by atoms with Gasteiger partial charge in [-0.3, -0.25) is 14.7 Å². The number of nitrogens with one attached hydrogen (secondary N) is 1. The van der Waals surface area contributed by atoms with Gasteiger partial charge in [0.15, 0.2) is 0 Å². The lowest BCUT2D eigenvalue weighted by atomic mass is 10.1. The molecule has 4 aromatic rings. The first kappa shape index (κ1) is 27.2. The molecule has 1 aliphatic heterocycles. The maximum Gasteiger partial charge on any atom is 0.205 e. The first-order valence-electron chi connectivity index (χ1n) is 12.7. The van der Waals surface area contributed by atoms with E-state index in [4.69, 9.17) is 9.47 Å². The van der Waals surface area contributed by atoms with Crippen LogP contribution in [0.4, 0.5) is 11.5 Å². The Kier molecular flexibility index (Phi) is 8.04. The van der Waals surface area contributed by atoms with Crippen LogP contribution >= 0.6 is 0 Å². The van der Waals surface area contributed by atoms with Crippen molar-refractivity contribution >= 4 is 38.0 Å². The van der Waals surface area contributed by atoms with Crippen LogP contribution in [0.25, 0.3) is 10.9 Å². The molecule has 0 fully saturated rings. The van der Waals surface area contributed by atoms with Gasteiger partial charge in [-0.2, -0.15) is 0 Å². The summed E-state index contributed by atoms with van der Waals surface area (Å²) in [6.07, 6.45) is 4.78. The van der Waals surface area contributed by atoms with E-state index < -0.39 is 15.9 Å². The van der Waals surface area contributed by atoms with Crippen LogP contribution in [-0.4, -0.2) is 66.2 Å². The SMILES string of the molecule is CN(CCS(C)(=O)=O)CC1=CC(=O)C(c2cc3c(Nc4ccc(OCc5ccccc5)cc4)ncnc3cn2)O1. The number of hydrogen-bond donors (Lipinski definition) is 1. The quantitative estimate of drug-likeness (QED) is 0.290. The van der Waals surface area contributed by atoms with Crippen LogP contribution in [0, 0.1) is 0 Å². The number of nitrogens with zero attached hydrogens (tertiary/aromatic N) is 4. The van der Waals surface area contributed by atoms with Crippen molar-refractivity contribution in [2.24, 2.45) is 0 Å². The number of ketones is 1. The summed E-state index contributed by atoms with van der Waals surface area (Å²) >= 11 is 0. The Balaban J connectivity index is 1.26. The summed E-state index contributed by atoms with van der Waals surface area (Å²) in [4.78, 5) is 27.7. The van der Waals surface area contributed by atoms with Gasteiger partial charge in [0.1, 0.15) is 40.1 Å². The molecule has 3 heterocycles. The maximum atomic E-state index is 12.8. The van der Waals surface area contributed by atoms with Crippen LogP contribution in [0.3, 0.4) is 0 Å². The van der Waals surface area contributed by atoms with Crippen LogP contribution in [0.15, 0.2) is 85.0 Å². The molecule has 0 saturated carbocycles. The van der Waals surface area contributed by atoms with Crippen molar-refractivity contribution in [2.45, 2.75) is 12.7 Å². The summed E-state index contributed by atoms with van der Waals surface area (Å²) in [5, 5.41) is 4.00. The molecular weight excluding hydrogens is 530 g/mol. The number of sulfone groups is 1. The molecule has 11 heteroatoms. The Morgan fingerprint density at radius 2 is 1.82 bits per heavy atom. The van der Waals surface area contributed by atoms with E-state index in [2.05, 4.69) is 20.3 Å². The highest BCUT2D eigenvalue weighted by atomic mass is 32.2. The normalized spacial score (nSPS) is 15.2. The minimum Gasteiger partial charge on any atom is -0.489 e. The second-order valence-corrected chi connectivity index (χ2v) is 11.9. The monoisotopic (exact) mass is 559 g/mol. The summed E-state index contributed by atoms with van der Waals surface area (Å²) in [6, 6.07) is 19.3. The summed E-state index contributed by atoms with van der Waals surface area (Å²) < 4.78 is 34.7. The van der Waals surface area contributed by atoms with Crippen LogP contribution < -0.4 is 10.1 Å². The number of ether oxygens (including phenoxy) is 2. The van der Waals surface area contributed by atoms with Gasteiger partial charge >= 0.3 is 0 Å². The fraction of sp³-hybridized carbons (Fsp3) is 0.241. The number of likely N-dealkylation sites (N-methyl/N-ethyl adjacent to an activating group) is 1. The first-order valence-corrected chi connectivity index (χ1v) is 14.7. The molecule has 0 radical (unpaired) electrons. The molecule has 1 aliphatic rings. The van der Waals surface area contributed by atoms with E-state index in [1.165, 1.54) is 18.7 Å². The maximum absolute atomic E-state index is 12.8. The van der Waals surface area contributed by atoms with Gasteiger partial charge < -0.3 is 14.8 Å². The summed E-state index contributed by atoms with van der Waals surface area (Å²) in [7, 11) is -1.31. The highest BCUT2D eigenvalue weighted by Crippen LogP contribution is 2.31. The highest BCUT2D eigenvalue weighted by Gasteiger charge is 2.30. The largest absolute Gasteiger partial charge is 0.489 e. The van der Waals surface area contributed by atoms with E-state index in [-0.39, 0.29) is 11.5 Å². The number of fused-ring (bicyclic) bond motifs is 1. The topological polar surface area (TPSA) is 124 Å². The van der Waals surface area contributed by atoms with Crippen molar-refractivity contribution in [1.82, 2.24) is 19.9 Å². The Bertz CT molecular complexity index is 1640. The van der Waals surface area contributed by atoms with Crippen molar-refractivity contribution in [3.63, 3.8) is 0 Å². The average molecular weight is 560 g/mol. The number of benzene rings is 2. The number of pyridine rings is 1. The number of anilines is 2. The molecule has 40 heavy (non-hydrogen) atoms. The van der Waals surface area contributed by atoms with E-state index in [9.17, 15) is 13.2 Å². The lowest BCUT2D eigenvalue weighted by molar-refractivity contribution is -0.121.